The van der Waals surface area contributed by atoms with Crippen molar-refractivity contribution in [1.82, 2.24) is 0 Å². The molecule has 1 aromatic rings. The Bertz CT molecular complexity index is 671. The SMILES string of the molecule is COCCOc1ccc(C(F)(F)F)cc1NC(=O)CC1(C(=O)O)CCC1. The fourth-order valence-electron chi connectivity index (χ4n) is 2.74. The maximum Gasteiger partial charge on any atom is 0.416 e. The third-order valence-corrected chi connectivity index (χ3v) is 4.39. The summed E-state index contributed by atoms with van der Waals surface area (Å²) in [4.78, 5) is 23.6. The summed E-state index contributed by atoms with van der Waals surface area (Å²) >= 11 is 0. The molecule has 6 nitrogen and oxygen atoms in total. The van der Waals surface area contributed by atoms with Gasteiger partial charge in [0, 0.05) is 13.5 Å². The molecule has 1 fully saturated rings. The first-order valence-electron chi connectivity index (χ1n) is 8.04. The van der Waals surface area contributed by atoms with E-state index < -0.39 is 29.0 Å². The highest BCUT2D eigenvalue weighted by Gasteiger charge is 2.46. The molecule has 2 rings (SSSR count). The van der Waals surface area contributed by atoms with Gasteiger partial charge in [0.1, 0.15) is 12.4 Å². The number of carboxylic acid groups (broad SMARTS) is 1. The van der Waals surface area contributed by atoms with Gasteiger partial charge in [0.05, 0.1) is 23.3 Å². The van der Waals surface area contributed by atoms with E-state index in [1.807, 2.05) is 0 Å². The topological polar surface area (TPSA) is 84.9 Å². The Morgan fingerprint density at radius 3 is 2.46 bits per heavy atom. The molecule has 0 atom stereocenters. The van der Waals surface area contributed by atoms with Crippen LogP contribution in [0.2, 0.25) is 0 Å². The molecule has 0 unspecified atom stereocenters. The van der Waals surface area contributed by atoms with Crippen LogP contribution < -0.4 is 10.1 Å². The predicted octanol–water partition coefficient (Wildman–Crippen LogP) is 3.31. The summed E-state index contributed by atoms with van der Waals surface area (Å²) in [5.74, 6) is -1.68. The van der Waals surface area contributed by atoms with Crippen LogP contribution in [0.4, 0.5) is 18.9 Å². The molecule has 0 spiro atoms. The molecule has 0 bridgehead atoms. The van der Waals surface area contributed by atoms with Crippen LogP contribution in [-0.2, 0) is 20.5 Å². The van der Waals surface area contributed by atoms with Gasteiger partial charge < -0.3 is 19.9 Å². The van der Waals surface area contributed by atoms with Gasteiger partial charge in [-0.15, -0.1) is 0 Å². The zero-order valence-corrected chi connectivity index (χ0v) is 14.2. The van der Waals surface area contributed by atoms with Gasteiger partial charge in [0.2, 0.25) is 5.91 Å². The maximum absolute atomic E-state index is 12.9. The Morgan fingerprint density at radius 2 is 1.96 bits per heavy atom. The normalized spacial score (nSPS) is 15.8. The minimum atomic E-state index is -4.58. The number of aliphatic carboxylic acids is 1. The number of hydrogen-bond donors (Lipinski definition) is 2. The summed E-state index contributed by atoms with van der Waals surface area (Å²) < 4.78 is 49.0. The second-order valence-corrected chi connectivity index (χ2v) is 6.21. The third-order valence-electron chi connectivity index (χ3n) is 4.39. The number of halogens is 3. The fraction of sp³-hybridized carbons (Fsp3) is 0.529. The quantitative estimate of drug-likeness (QED) is 0.681. The van der Waals surface area contributed by atoms with E-state index in [2.05, 4.69) is 5.32 Å². The summed E-state index contributed by atoms with van der Waals surface area (Å²) in [6, 6.07) is 2.74. The first-order valence-corrected chi connectivity index (χ1v) is 8.04. The van der Waals surface area contributed by atoms with Crippen LogP contribution in [0, 0.1) is 5.41 Å². The van der Waals surface area contributed by atoms with E-state index in [1.54, 1.807) is 0 Å². The summed E-state index contributed by atoms with van der Waals surface area (Å²) in [5.41, 5.74) is -2.23. The van der Waals surface area contributed by atoms with Crippen LogP contribution in [0.25, 0.3) is 0 Å². The van der Waals surface area contributed by atoms with Gasteiger partial charge >= 0.3 is 12.1 Å². The highest BCUT2D eigenvalue weighted by Crippen LogP contribution is 2.44. The van der Waals surface area contributed by atoms with E-state index in [0.717, 1.165) is 18.2 Å². The minimum absolute atomic E-state index is 0.0568. The molecule has 0 heterocycles. The van der Waals surface area contributed by atoms with Gasteiger partial charge in [-0.05, 0) is 31.0 Å². The molecule has 1 aromatic carbocycles. The van der Waals surface area contributed by atoms with Crippen LogP contribution >= 0.6 is 0 Å². The Hall–Kier alpha value is -2.29. The molecule has 0 aromatic heterocycles. The Labute approximate surface area is 148 Å². The predicted molar refractivity (Wildman–Crippen MR) is 86.0 cm³/mol. The molecule has 1 aliphatic rings. The number of rotatable bonds is 8. The van der Waals surface area contributed by atoms with Crippen molar-refractivity contribution in [3.8, 4) is 5.75 Å². The maximum atomic E-state index is 12.9. The highest BCUT2D eigenvalue weighted by atomic mass is 19.4. The van der Waals surface area contributed by atoms with Crippen molar-refractivity contribution in [3.63, 3.8) is 0 Å². The number of carbonyl (C=O) groups excluding carboxylic acids is 1. The molecule has 26 heavy (non-hydrogen) atoms. The van der Waals surface area contributed by atoms with Crippen molar-refractivity contribution in [2.75, 3.05) is 25.6 Å². The molecular weight excluding hydrogens is 355 g/mol. The zero-order chi connectivity index (χ0) is 19.4. The van der Waals surface area contributed by atoms with Crippen molar-refractivity contribution < 1.29 is 37.3 Å². The lowest BCUT2D eigenvalue weighted by Gasteiger charge is -2.36. The fourth-order valence-corrected chi connectivity index (χ4v) is 2.74. The monoisotopic (exact) mass is 375 g/mol. The van der Waals surface area contributed by atoms with Crippen LogP contribution in [0.3, 0.4) is 0 Å². The molecule has 1 saturated carbocycles. The lowest BCUT2D eigenvalue weighted by atomic mass is 9.66. The first kappa shape index (κ1) is 20.0. The Balaban J connectivity index is 2.18. The van der Waals surface area contributed by atoms with E-state index in [9.17, 15) is 27.9 Å². The Kier molecular flexibility index (Phi) is 6.12. The second-order valence-electron chi connectivity index (χ2n) is 6.21. The highest BCUT2D eigenvalue weighted by molar-refractivity contribution is 5.95. The van der Waals surface area contributed by atoms with E-state index in [0.29, 0.717) is 19.3 Å². The number of methoxy groups -OCH3 is 1. The van der Waals surface area contributed by atoms with Crippen molar-refractivity contribution in [3.05, 3.63) is 23.8 Å². The number of alkyl halides is 3. The minimum Gasteiger partial charge on any atom is -0.489 e. The molecule has 0 radical (unpaired) electrons. The standard InChI is InChI=1S/C17H20F3NO5/c1-25-7-8-26-13-4-3-11(17(18,19)20)9-12(13)21-14(22)10-16(15(23)24)5-2-6-16/h3-4,9H,2,5-8,10H2,1H3,(H,21,22)(H,23,24). The molecule has 0 saturated heterocycles. The molecule has 2 N–H and O–H groups in total. The van der Waals surface area contributed by atoms with Crippen LogP contribution in [0.5, 0.6) is 5.75 Å². The molecule has 144 valence electrons. The number of carbonyl (C=O) groups is 2. The van der Waals surface area contributed by atoms with Crippen LogP contribution in [0.15, 0.2) is 18.2 Å². The van der Waals surface area contributed by atoms with Gasteiger partial charge in [0.25, 0.3) is 0 Å². The summed E-state index contributed by atoms with van der Waals surface area (Å²) in [6.07, 6.45) is -3.43. The second kappa shape index (κ2) is 7.94. The number of nitrogens with one attached hydrogen (secondary N) is 1. The smallest absolute Gasteiger partial charge is 0.416 e. The zero-order valence-electron chi connectivity index (χ0n) is 14.2. The van der Waals surface area contributed by atoms with Gasteiger partial charge in [-0.25, -0.2) is 0 Å². The molecule has 1 amide bonds. The van der Waals surface area contributed by atoms with Crippen LogP contribution in [0.1, 0.15) is 31.2 Å². The molecule has 1 aliphatic carbocycles. The van der Waals surface area contributed by atoms with Crippen molar-refractivity contribution in [1.29, 1.82) is 0 Å². The number of carboxylic acids is 1. The largest absolute Gasteiger partial charge is 0.489 e. The Morgan fingerprint density at radius 1 is 1.27 bits per heavy atom. The average molecular weight is 375 g/mol. The number of anilines is 1. The lowest BCUT2D eigenvalue weighted by molar-refractivity contribution is -0.157. The summed E-state index contributed by atoms with van der Waals surface area (Å²) in [7, 11) is 1.45. The number of amides is 1. The molecule has 0 aliphatic heterocycles. The van der Waals surface area contributed by atoms with Crippen molar-refractivity contribution >= 4 is 17.6 Å². The number of hydrogen-bond acceptors (Lipinski definition) is 4. The van der Waals surface area contributed by atoms with E-state index in [4.69, 9.17) is 9.47 Å². The van der Waals surface area contributed by atoms with E-state index in [1.165, 1.54) is 7.11 Å². The average Bonchev–Trinajstić information content (AvgIpc) is 2.51. The van der Waals surface area contributed by atoms with Gasteiger partial charge in [-0.3, -0.25) is 9.59 Å². The number of ether oxygens (including phenoxy) is 2. The summed E-state index contributed by atoms with van der Waals surface area (Å²) in [6.45, 7) is 0.306. The number of benzene rings is 1. The van der Waals surface area contributed by atoms with Crippen molar-refractivity contribution in [2.45, 2.75) is 31.9 Å². The molecular formula is C17H20F3NO5. The van der Waals surface area contributed by atoms with Gasteiger partial charge in [-0.2, -0.15) is 13.2 Å². The van der Waals surface area contributed by atoms with E-state index >= 15 is 0 Å². The van der Waals surface area contributed by atoms with Crippen LogP contribution in [-0.4, -0.2) is 37.3 Å². The van der Waals surface area contributed by atoms with Gasteiger partial charge in [0.15, 0.2) is 0 Å². The first-order chi connectivity index (χ1) is 12.2. The lowest BCUT2D eigenvalue weighted by Crippen LogP contribution is -2.41. The van der Waals surface area contributed by atoms with E-state index in [-0.39, 0.29) is 31.1 Å². The summed E-state index contributed by atoms with van der Waals surface area (Å²) in [5, 5.41) is 11.6. The third kappa shape index (κ3) is 4.66. The van der Waals surface area contributed by atoms with Crippen molar-refractivity contribution in [2.24, 2.45) is 5.41 Å². The van der Waals surface area contributed by atoms with Gasteiger partial charge in [-0.1, -0.05) is 6.42 Å². The molecule has 9 heteroatoms.